The van der Waals surface area contributed by atoms with E-state index < -0.39 is 0 Å². The Bertz CT molecular complexity index is 278. The summed E-state index contributed by atoms with van der Waals surface area (Å²) in [5, 5.41) is 13.4. The van der Waals surface area contributed by atoms with E-state index in [1.54, 1.807) is 11.3 Å². The van der Waals surface area contributed by atoms with E-state index >= 15 is 0 Å². The Morgan fingerprint density at radius 3 is 2.58 bits per heavy atom. The van der Waals surface area contributed by atoms with Gasteiger partial charge in [-0.2, -0.15) is 0 Å². The third kappa shape index (κ3) is 1.43. The number of anilines is 1. The zero-order chi connectivity index (χ0) is 8.60. The highest BCUT2D eigenvalue weighted by molar-refractivity contribution is 7.15. The van der Waals surface area contributed by atoms with E-state index in [4.69, 9.17) is 0 Å². The molecule has 0 saturated heterocycles. The summed E-state index contributed by atoms with van der Waals surface area (Å²) in [6, 6.07) is 0. The molecule has 1 fully saturated rings. The maximum atomic E-state index is 4.04. The van der Waals surface area contributed by atoms with Crippen molar-refractivity contribution in [3.8, 4) is 0 Å². The summed E-state index contributed by atoms with van der Waals surface area (Å²) in [6.45, 7) is 4.22. The molecule has 12 heavy (non-hydrogen) atoms. The molecule has 4 heteroatoms. The molecule has 1 aromatic rings. The predicted octanol–water partition coefficient (Wildman–Crippen LogP) is 2.20. The Morgan fingerprint density at radius 2 is 2.17 bits per heavy atom. The molecule has 66 valence electrons. The lowest BCUT2D eigenvalue weighted by atomic mass is 9.79. The van der Waals surface area contributed by atoms with E-state index in [0.717, 1.165) is 10.1 Å². The van der Waals surface area contributed by atoms with Crippen LogP contribution in [0.4, 0.5) is 5.13 Å². The van der Waals surface area contributed by atoms with Gasteiger partial charge in [0.25, 0.3) is 0 Å². The molecular formula is C8H13N3S. The first-order chi connectivity index (χ1) is 5.68. The standard InChI is InChI=1S/C8H13N3S/c1-6-10-11-7(12-6)9-8(2)4-3-5-8/h3-5H2,1-2H3,(H,9,11). The largest absolute Gasteiger partial charge is 0.355 e. The molecule has 0 aromatic carbocycles. The van der Waals surface area contributed by atoms with E-state index in [1.807, 2.05) is 6.92 Å². The Balaban J connectivity index is 2.03. The number of aryl methyl sites for hydroxylation is 1. The summed E-state index contributed by atoms with van der Waals surface area (Å²) in [5.41, 5.74) is 0.298. The molecule has 1 aromatic heterocycles. The molecule has 2 rings (SSSR count). The highest BCUT2D eigenvalue weighted by Gasteiger charge is 2.32. The molecule has 1 aliphatic rings. The van der Waals surface area contributed by atoms with Crippen molar-refractivity contribution in [1.82, 2.24) is 10.2 Å². The van der Waals surface area contributed by atoms with E-state index in [-0.39, 0.29) is 0 Å². The van der Waals surface area contributed by atoms with Crippen molar-refractivity contribution in [2.45, 2.75) is 38.6 Å². The van der Waals surface area contributed by atoms with Crippen molar-refractivity contribution in [3.63, 3.8) is 0 Å². The van der Waals surface area contributed by atoms with E-state index in [1.165, 1.54) is 19.3 Å². The molecule has 0 atom stereocenters. The van der Waals surface area contributed by atoms with Crippen molar-refractivity contribution in [3.05, 3.63) is 5.01 Å². The number of nitrogens with one attached hydrogen (secondary N) is 1. The summed E-state index contributed by atoms with van der Waals surface area (Å²) in [4.78, 5) is 0. The van der Waals surface area contributed by atoms with Gasteiger partial charge in [-0.15, -0.1) is 10.2 Å². The molecule has 0 bridgehead atoms. The normalized spacial score (nSPS) is 20.2. The summed E-state index contributed by atoms with van der Waals surface area (Å²) in [5.74, 6) is 0. The third-order valence-electron chi connectivity index (χ3n) is 2.39. The summed E-state index contributed by atoms with van der Waals surface area (Å²) >= 11 is 1.63. The van der Waals surface area contributed by atoms with Crippen LogP contribution in [0.2, 0.25) is 0 Å². The minimum Gasteiger partial charge on any atom is -0.355 e. The molecule has 1 saturated carbocycles. The molecular weight excluding hydrogens is 170 g/mol. The molecule has 1 aliphatic carbocycles. The molecule has 3 nitrogen and oxygen atoms in total. The number of rotatable bonds is 2. The smallest absolute Gasteiger partial charge is 0.206 e. The Morgan fingerprint density at radius 1 is 1.42 bits per heavy atom. The Kier molecular flexibility index (Phi) is 1.79. The van der Waals surface area contributed by atoms with Crippen LogP contribution < -0.4 is 5.32 Å². The van der Waals surface area contributed by atoms with E-state index in [0.29, 0.717) is 5.54 Å². The number of hydrogen-bond donors (Lipinski definition) is 1. The zero-order valence-electron chi connectivity index (χ0n) is 7.42. The summed E-state index contributed by atoms with van der Waals surface area (Å²) in [7, 11) is 0. The average Bonchev–Trinajstić information content (AvgIpc) is 2.32. The minimum absolute atomic E-state index is 0.298. The van der Waals surface area contributed by atoms with Gasteiger partial charge in [0.1, 0.15) is 5.01 Å². The van der Waals surface area contributed by atoms with Crippen LogP contribution in [-0.2, 0) is 0 Å². The van der Waals surface area contributed by atoms with Gasteiger partial charge in [0.15, 0.2) is 0 Å². The van der Waals surface area contributed by atoms with Gasteiger partial charge in [-0.05, 0) is 33.1 Å². The zero-order valence-corrected chi connectivity index (χ0v) is 8.24. The van der Waals surface area contributed by atoms with Crippen LogP contribution in [0.25, 0.3) is 0 Å². The number of aromatic nitrogens is 2. The molecule has 0 spiro atoms. The van der Waals surface area contributed by atoms with Crippen LogP contribution in [0.5, 0.6) is 0 Å². The minimum atomic E-state index is 0.298. The molecule has 0 aliphatic heterocycles. The van der Waals surface area contributed by atoms with Crippen molar-refractivity contribution >= 4 is 16.5 Å². The quantitative estimate of drug-likeness (QED) is 0.763. The lowest BCUT2D eigenvalue weighted by molar-refractivity contribution is 0.306. The van der Waals surface area contributed by atoms with Crippen molar-refractivity contribution in [2.24, 2.45) is 0 Å². The van der Waals surface area contributed by atoms with E-state index in [9.17, 15) is 0 Å². The van der Waals surface area contributed by atoms with Gasteiger partial charge in [-0.3, -0.25) is 0 Å². The van der Waals surface area contributed by atoms with Gasteiger partial charge in [0, 0.05) is 5.54 Å². The van der Waals surface area contributed by atoms with E-state index in [2.05, 4.69) is 22.4 Å². The highest BCUT2D eigenvalue weighted by atomic mass is 32.1. The fourth-order valence-electron chi connectivity index (χ4n) is 1.44. The van der Waals surface area contributed by atoms with Crippen LogP contribution in [0.15, 0.2) is 0 Å². The molecule has 0 radical (unpaired) electrons. The summed E-state index contributed by atoms with van der Waals surface area (Å²) < 4.78 is 0. The maximum Gasteiger partial charge on any atom is 0.206 e. The van der Waals surface area contributed by atoms with Gasteiger partial charge in [-0.1, -0.05) is 11.3 Å². The molecule has 0 amide bonds. The second-order valence-corrected chi connectivity index (χ2v) is 4.85. The van der Waals surface area contributed by atoms with Crippen LogP contribution >= 0.6 is 11.3 Å². The first-order valence-electron chi connectivity index (χ1n) is 4.26. The lowest BCUT2D eigenvalue weighted by Gasteiger charge is -2.38. The van der Waals surface area contributed by atoms with Crippen LogP contribution in [-0.4, -0.2) is 15.7 Å². The van der Waals surface area contributed by atoms with Gasteiger partial charge >= 0.3 is 0 Å². The first kappa shape index (κ1) is 7.98. The highest BCUT2D eigenvalue weighted by Crippen LogP contribution is 2.35. The topological polar surface area (TPSA) is 37.8 Å². The van der Waals surface area contributed by atoms with Crippen LogP contribution in [0.3, 0.4) is 0 Å². The Hall–Kier alpha value is -0.640. The van der Waals surface area contributed by atoms with Gasteiger partial charge < -0.3 is 5.32 Å². The second kappa shape index (κ2) is 2.69. The SMILES string of the molecule is Cc1nnc(NC2(C)CCC2)s1. The molecule has 1 heterocycles. The third-order valence-corrected chi connectivity index (χ3v) is 3.15. The summed E-state index contributed by atoms with van der Waals surface area (Å²) in [6.07, 6.45) is 3.85. The number of hydrogen-bond acceptors (Lipinski definition) is 4. The predicted molar refractivity (Wildman–Crippen MR) is 50.5 cm³/mol. The molecule has 0 unspecified atom stereocenters. The average molecular weight is 183 g/mol. The van der Waals surface area contributed by atoms with Gasteiger partial charge in [0.05, 0.1) is 0 Å². The van der Waals surface area contributed by atoms with Crippen LogP contribution in [0, 0.1) is 6.92 Å². The van der Waals surface area contributed by atoms with Gasteiger partial charge in [0.2, 0.25) is 5.13 Å². The van der Waals surface area contributed by atoms with Crippen LogP contribution in [0.1, 0.15) is 31.2 Å². The van der Waals surface area contributed by atoms with Gasteiger partial charge in [-0.25, -0.2) is 0 Å². The van der Waals surface area contributed by atoms with Crippen molar-refractivity contribution < 1.29 is 0 Å². The van der Waals surface area contributed by atoms with Crippen molar-refractivity contribution in [2.75, 3.05) is 5.32 Å². The second-order valence-electron chi connectivity index (χ2n) is 3.67. The number of nitrogens with zero attached hydrogens (tertiary/aromatic N) is 2. The molecule has 1 N–H and O–H groups in total. The Labute approximate surface area is 76.2 Å². The first-order valence-corrected chi connectivity index (χ1v) is 5.08. The lowest BCUT2D eigenvalue weighted by Crippen LogP contribution is -2.41. The monoisotopic (exact) mass is 183 g/mol. The maximum absolute atomic E-state index is 4.04. The fraction of sp³-hybridized carbons (Fsp3) is 0.750. The van der Waals surface area contributed by atoms with Crippen molar-refractivity contribution in [1.29, 1.82) is 0 Å². The fourth-order valence-corrected chi connectivity index (χ4v) is 2.18.